The zero-order chi connectivity index (χ0) is 15.4. The molecule has 0 aliphatic carbocycles. The molecule has 1 saturated heterocycles. The number of hydrogen-bond donors (Lipinski definition) is 1. The molecule has 2 amide bonds. The summed E-state index contributed by atoms with van der Waals surface area (Å²) in [4.78, 5) is 32.1. The molecule has 21 heavy (non-hydrogen) atoms. The molecule has 7 nitrogen and oxygen atoms in total. The molecule has 1 aromatic heterocycles. The maximum absolute atomic E-state index is 12.7. The smallest absolute Gasteiger partial charge is 0.260 e. The van der Waals surface area contributed by atoms with E-state index in [2.05, 4.69) is 10.3 Å². The van der Waals surface area contributed by atoms with Gasteiger partial charge in [0.1, 0.15) is 11.6 Å². The molecule has 1 aromatic rings. The fraction of sp³-hybridized carbons (Fsp3) is 0.500. The first-order valence-electron chi connectivity index (χ1n) is 6.78. The van der Waals surface area contributed by atoms with Gasteiger partial charge in [0.25, 0.3) is 5.91 Å². The van der Waals surface area contributed by atoms with Crippen LogP contribution in [0.3, 0.4) is 0 Å². The maximum Gasteiger partial charge on any atom is 0.260 e. The average molecular weight is 292 g/mol. The number of piperazine rings is 1. The summed E-state index contributed by atoms with van der Waals surface area (Å²) in [5.41, 5.74) is 0.374. The minimum atomic E-state index is -0.508. The third-order valence-corrected chi connectivity index (χ3v) is 3.43. The van der Waals surface area contributed by atoms with Gasteiger partial charge in [0.05, 0.1) is 7.11 Å². The Morgan fingerprint density at radius 3 is 2.90 bits per heavy atom. The van der Waals surface area contributed by atoms with Crippen molar-refractivity contribution in [2.75, 3.05) is 40.8 Å². The minimum Gasteiger partial charge on any atom is -0.480 e. The summed E-state index contributed by atoms with van der Waals surface area (Å²) in [5.74, 6) is -0.0582. The van der Waals surface area contributed by atoms with Gasteiger partial charge < -0.3 is 19.9 Å². The van der Waals surface area contributed by atoms with Crippen molar-refractivity contribution in [2.24, 2.45) is 0 Å². The molecule has 0 saturated carbocycles. The van der Waals surface area contributed by atoms with Crippen LogP contribution < -0.4 is 10.1 Å². The molecule has 1 atom stereocenters. The molecule has 0 bridgehead atoms. The summed E-state index contributed by atoms with van der Waals surface area (Å²) in [6, 6.07) is 2.83. The Morgan fingerprint density at radius 2 is 2.24 bits per heavy atom. The van der Waals surface area contributed by atoms with Gasteiger partial charge in [0, 0.05) is 39.9 Å². The first kappa shape index (κ1) is 15.2. The van der Waals surface area contributed by atoms with Gasteiger partial charge in [-0.3, -0.25) is 9.59 Å². The number of aromatic nitrogens is 1. The zero-order valence-corrected chi connectivity index (χ0v) is 12.5. The van der Waals surface area contributed by atoms with Gasteiger partial charge in [-0.2, -0.15) is 0 Å². The Kier molecular flexibility index (Phi) is 4.74. The molecule has 1 fully saturated rings. The number of ether oxygens (including phenoxy) is 1. The van der Waals surface area contributed by atoms with Crippen molar-refractivity contribution in [1.82, 2.24) is 20.1 Å². The van der Waals surface area contributed by atoms with Crippen LogP contribution in [-0.2, 0) is 4.79 Å². The van der Waals surface area contributed by atoms with E-state index in [9.17, 15) is 9.59 Å². The van der Waals surface area contributed by atoms with E-state index in [0.717, 1.165) is 0 Å². The van der Waals surface area contributed by atoms with Crippen LogP contribution >= 0.6 is 0 Å². The summed E-state index contributed by atoms with van der Waals surface area (Å²) in [5, 5.41) is 3.15. The Balaban J connectivity index is 2.28. The van der Waals surface area contributed by atoms with Crippen molar-refractivity contribution in [2.45, 2.75) is 6.04 Å². The highest BCUT2D eigenvalue weighted by molar-refractivity contribution is 5.99. The lowest BCUT2D eigenvalue weighted by molar-refractivity contribution is -0.134. The van der Waals surface area contributed by atoms with Gasteiger partial charge in [-0.25, -0.2) is 4.98 Å². The number of rotatable bonds is 3. The minimum absolute atomic E-state index is 0.0987. The quantitative estimate of drug-likeness (QED) is 0.820. The van der Waals surface area contributed by atoms with Crippen molar-refractivity contribution in [3.8, 4) is 5.88 Å². The Bertz CT molecular complexity index is 533. The summed E-state index contributed by atoms with van der Waals surface area (Å²) in [7, 11) is 4.84. The van der Waals surface area contributed by atoms with Gasteiger partial charge >= 0.3 is 0 Å². The SMILES string of the molecule is COc1ncccc1C(=O)N1CCNCC1C(=O)N(C)C. The van der Waals surface area contributed by atoms with Crippen LogP contribution in [0.1, 0.15) is 10.4 Å². The van der Waals surface area contributed by atoms with Crippen molar-refractivity contribution in [1.29, 1.82) is 0 Å². The molecule has 0 spiro atoms. The molecule has 1 aliphatic heterocycles. The Hall–Kier alpha value is -2.15. The molecule has 0 radical (unpaired) electrons. The van der Waals surface area contributed by atoms with E-state index in [1.165, 1.54) is 12.0 Å². The molecular formula is C14H20N4O3. The summed E-state index contributed by atoms with van der Waals surface area (Å²) < 4.78 is 5.13. The van der Waals surface area contributed by atoms with Gasteiger partial charge in [0.2, 0.25) is 11.8 Å². The highest BCUT2D eigenvalue weighted by atomic mass is 16.5. The first-order valence-corrected chi connectivity index (χ1v) is 6.78. The molecule has 114 valence electrons. The van der Waals surface area contributed by atoms with E-state index in [-0.39, 0.29) is 17.7 Å². The van der Waals surface area contributed by atoms with Gasteiger partial charge in [-0.1, -0.05) is 0 Å². The van der Waals surface area contributed by atoms with Gasteiger partial charge in [-0.05, 0) is 12.1 Å². The highest BCUT2D eigenvalue weighted by Gasteiger charge is 2.34. The summed E-state index contributed by atoms with van der Waals surface area (Å²) in [6.45, 7) is 1.58. The second-order valence-electron chi connectivity index (χ2n) is 5.01. The highest BCUT2D eigenvalue weighted by Crippen LogP contribution is 2.19. The first-order chi connectivity index (χ1) is 10.1. The van der Waals surface area contributed by atoms with Crippen LogP contribution in [0, 0.1) is 0 Å². The lowest BCUT2D eigenvalue weighted by Crippen LogP contribution is -2.59. The van der Waals surface area contributed by atoms with Gasteiger partial charge in [0.15, 0.2) is 0 Å². The number of nitrogens with one attached hydrogen (secondary N) is 1. The number of methoxy groups -OCH3 is 1. The Morgan fingerprint density at radius 1 is 1.48 bits per heavy atom. The van der Waals surface area contributed by atoms with E-state index in [0.29, 0.717) is 25.2 Å². The van der Waals surface area contributed by atoms with E-state index in [1.54, 1.807) is 37.3 Å². The average Bonchev–Trinajstić information content (AvgIpc) is 2.53. The maximum atomic E-state index is 12.7. The third-order valence-electron chi connectivity index (χ3n) is 3.43. The number of amides is 2. The molecule has 7 heteroatoms. The van der Waals surface area contributed by atoms with E-state index in [1.807, 2.05) is 0 Å². The largest absolute Gasteiger partial charge is 0.480 e. The summed E-state index contributed by atoms with van der Waals surface area (Å²) in [6.07, 6.45) is 1.57. The van der Waals surface area contributed by atoms with Crippen molar-refractivity contribution >= 4 is 11.8 Å². The Labute approximate surface area is 123 Å². The topological polar surface area (TPSA) is 74.8 Å². The van der Waals surface area contributed by atoms with Crippen LogP contribution in [0.2, 0.25) is 0 Å². The van der Waals surface area contributed by atoms with Gasteiger partial charge in [-0.15, -0.1) is 0 Å². The lowest BCUT2D eigenvalue weighted by atomic mass is 10.1. The number of pyridine rings is 1. The molecule has 1 unspecified atom stereocenters. The predicted octanol–water partition coefficient (Wildman–Crippen LogP) is -0.408. The fourth-order valence-electron chi connectivity index (χ4n) is 2.34. The van der Waals surface area contributed by atoms with E-state index in [4.69, 9.17) is 4.74 Å². The molecule has 1 N–H and O–H groups in total. The third kappa shape index (κ3) is 3.13. The monoisotopic (exact) mass is 292 g/mol. The zero-order valence-electron chi connectivity index (χ0n) is 12.5. The number of nitrogens with zero attached hydrogens (tertiary/aromatic N) is 3. The van der Waals surface area contributed by atoms with Crippen molar-refractivity contribution in [3.05, 3.63) is 23.9 Å². The second-order valence-corrected chi connectivity index (χ2v) is 5.01. The molecule has 1 aliphatic rings. The normalized spacial score (nSPS) is 18.2. The van der Waals surface area contributed by atoms with E-state index < -0.39 is 6.04 Å². The summed E-state index contributed by atoms with van der Waals surface area (Å²) >= 11 is 0. The van der Waals surface area contributed by atoms with Crippen molar-refractivity contribution < 1.29 is 14.3 Å². The second kappa shape index (κ2) is 6.53. The van der Waals surface area contributed by atoms with Crippen LogP contribution in [0.25, 0.3) is 0 Å². The molecule has 2 heterocycles. The lowest BCUT2D eigenvalue weighted by Gasteiger charge is -2.36. The molecule has 2 rings (SSSR count). The van der Waals surface area contributed by atoms with Crippen LogP contribution in [0.15, 0.2) is 18.3 Å². The number of likely N-dealkylation sites (N-methyl/N-ethyl adjacent to an activating group) is 1. The number of carbonyl (C=O) groups excluding carboxylic acids is 2. The number of carbonyl (C=O) groups is 2. The van der Waals surface area contributed by atoms with Crippen LogP contribution in [0.5, 0.6) is 5.88 Å². The number of hydrogen-bond acceptors (Lipinski definition) is 5. The fourth-order valence-corrected chi connectivity index (χ4v) is 2.34. The predicted molar refractivity (Wildman–Crippen MR) is 77.2 cm³/mol. The van der Waals surface area contributed by atoms with Crippen LogP contribution in [-0.4, -0.2) is 73.5 Å². The van der Waals surface area contributed by atoms with E-state index >= 15 is 0 Å². The van der Waals surface area contributed by atoms with Crippen molar-refractivity contribution in [3.63, 3.8) is 0 Å². The van der Waals surface area contributed by atoms with Crippen LogP contribution in [0.4, 0.5) is 0 Å². The molecule has 0 aromatic carbocycles. The standard InChI is InChI=1S/C14H20N4O3/c1-17(2)14(20)11-9-15-7-8-18(11)13(19)10-5-4-6-16-12(10)21-3/h4-6,11,15H,7-9H2,1-3H3. The molecular weight excluding hydrogens is 272 g/mol.